The van der Waals surface area contributed by atoms with Gasteiger partial charge in [0.2, 0.25) is 0 Å². The normalized spacial score (nSPS) is 10.4. The lowest BCUT2D eigenvalue weighted by Gasteiger charge is -2.16. The largest absolute Gasteiger partial charge is 0.490 e. The van der Waals surface area contributed by atoms with Crippen LogP contribution < -0.4 is 14.8 Å². The summed E-state index contributed by atoms with van der Waals surface area (Å²) in [6.45, 7) is 3.39. The van der Waals surface area contributed by atoms with Gasteiger partial charge in [0.25, 0.3) is 0 Å². The SMILES string of the molecule is CCOc1cc(C(=S)NCc2ccccc2)cc(Cl)c1OCc1ccc(Cl)cc1. The van der Waals surface area contributed by atoms with E-state index >= 15 is 0 Å². The van der Waals surface area contributed by atoms with E-state index < -0.39 is 0 Å². The van der Waals surface area contributed by atoms with Crippen LogP contribution in [0.15, 0.2) is 66.7 Å². The van der Waals surface area contributed by atoms with Crippen molar-refractivity contribution in [2.24, 2.45) is 0 Å². The summed E-state index contributed by atoms with van der Waals surface area (Å²) in [6, 6.07) is 21.2. The van der Waals surface area contributed by atoms with E-state index in [9.17, 15) is 0 Å². The van der Waals surface area contributed by atoms with Crippen molar-refractivity contribution >= 4 is 40.4 Å². The third-order valence-corrected chi connectivity index (χ3v) is 5.08. The molecule has 3 rings (SSSR count). The second kappa shape index (κ2) is 10.5. The fraction of sp³-hybridized carbons (Fsp3) is 0.174. The molecule has 29 heavy (non-hydrogen) atoms. The summed E-state index contributed by atoms with van der Waals surface area (Å²) in [6.07, 6.45) is 0. The number of hydrogen-bond acceptors (Lipinski definition) is 3. The Bertz CT molecular complexity index is 963. The Morgan fingerprint density at radius 3 is 2.34 bits per heavy atom. The van der Waals surface area contributed by atoms with Crippen molar-refractivity contribution in [3.8, 4) is 11.5 Å². The van der Waals surface area contributed by atoms with Gasteiger partial charge < -0.3 is 14.8 Å². The molecule has 0 aliphatic heterocycles. The van der Waals surface area contributed by atoms with Crippen molar-refractivity contribution in [3.63, 3.8) is 0 Å². The summed E-state index contributed by atoms with van der Waals surface area (Å²) in [5, 5.41) is 4.39. The maximum Gasteiger partial charge on any atom is 0.180 e. The molecule has 0 aromatic heterocycles. The molecule has 1 N–H and O–H groups in total. The first kappa shape index (κ1) is 21.4. The molecule has 0 spiro atoms. The highest BCUT2D eigenvalue weighted by molar-refractivity contribution is 7.80. The molecule has 0 unspecified atom stereocenters. The van der Waals surface area contributed by atoms with Gasteiger partial charge in [0, 0.05) is 17.1 Å². The highest BCUT2D eigenvalue weighted by Gasteiger charge is 2.15. The molecule has 0 atom stereocenters. The lowest BCUT2D eigenvalue weighted by Crippen LogP contribution is -2.21. The Balaban J connectivity index is 1.74. The van der Waals surface area contributed by atoms with E-state index in [1.165, 1.54) is 0 Å². The van der Waals surface area contributed by atoms with Crippen molar-refractivity contribution in [2.45, 2.75) is 20.1 Å². The van der Waals surface area contributed by atoms with Gasteiger partial charge in [-0.05, 0) is 42.3 Å². The van der Waals surface area contributed by atoms with Crippen LogP contribution in [0, 0.1) is 0 Å². The predicted octanol–water partition coefficient (Wildman–Crippen LogP) is 6.44. The van der Waals surface area contributed by atoms with Gasteiger partial charge in [0.05, 0.1) is 11.6 Å². The second-order valence-electron chi connectivity index (χ2n) is 6.30. The van der Waals surface area contributed by atoms with Crippen molar-refractivity contribution in [1.29, 1.82) is 0 Å². The molecule has 0 saturated carbocycles. The topological polar surface area (TPSA) is 30.5 Å². The van der Waals surface area contributed by atoms with Gasteiger partial charge in [-0.15, -0.1) is 0 Å². The highest BCUT2D eigenvalue weighted by Crippen LogP contribution is 2.37. The Hall–Kier alpha value is -2.27. The monoisotopic (exact) mass is 445 g/mol. The second-order valence-corrected chi connectivity index (χ2v) is 7.55. The highest BCUT2D eigenvalue weighted by atomic mass is 35.5. The van der Waals surface area contributed by atoms with Crippen molar-refractivity contribution in [3.05, 3.63) is 93.5 Å². The van der Waals surface area contributed by atoms with Crippen LogP contribution in [0.2, 0.25) is 10.0 Å². The summed E-state index contributed by atoms with van der Waals surface area (Å²) in [5.74, 6) is 1.06. The zero-order chi connectivity index (χ0) is 20.6. The molecule has 0 aliphatic rings. The summed E-state index contributed by atoms with van der Waals surface area (Å²) in [7, 11) is 0. The zero-order valence-electron chi connectivity index (χ0n) is 16.0. The van der Waals surface area contributed by atoms with Gasteiger partial charge in [-0.2, -0.15) is 0 Å². The third kappa shape index (κ3) is 6.10. The smallest absolute Gasteiger partial charge is 0.180 e. The summed E-state index contributed by atoms with van der Waals surface area (Å²) < 4.78 is 11.7. The number of ether oxygens (including phenoxy) is 2. The van der Waals surface area contributed by atoms with Gasteiger partial charge in [-0.1, -0.05) is 77.9 Å². The quantitative estimate of drug-likeness (QED) is 0.404. The van der Waals surface area contributed by atoms with Crippen molar-refractivity contribution in [2.75, 3.05) is 6.61 Å². The first-order valence-electron chi connectivity index (χ1n) is 9.22. The number of benzene rings is 3. The lowest BCUT2D eigenvalue weighted by molar-refractivity contribution is 0.269. The molecule has 3 aromatic rings. The lowest BCUT2D eigenvalue weighted by atomic mass is 10.1. The minimum absolute atomic E-state index is 0.354. The van der Waals surface area contributed by atoms with E-state index in [2.05, 4.69) is 5.32 Å². The molecular weight excluding hydrogens is 425 g/mol. The van der Waals surface area contributed by atoms with Gasteiger partial charge in [0.1, 0.15) is 11.6 Å². The molecule has 0 aliphatic carbocycles. The van der Waals surface area contributed by atoms with E-state index in [0.717, 1.165) is 16.7 Å². The summed E-state index contributed by atoms with van der Waals surface area (Å²) in [4.78, 5) is 0.598. The fourth-order valence-corrected chi connectivity index (χ4v) is 3.30. The standard InChI is InChI=1S/C23H21Cl2NO2S/c1-2-27-21-13-18(23(29)26-14-16-6-4-3-5-7-16)12-20(25)22(21)28-15-17-8-10-19(24)11-9-17/h3-13H,2,14-15H2,1H3,(H,26,29). The van der Waals surface area contributed by atoms with E-state index in [-0.39, 0.29) is 0 Å². The number of hydrogen-bond donors (Lipinski definition) is 1. The minimum atomic E-state index is 0.354. The molecule has 3 nitrogen and oxygen atoms in total. The average molecular weight is 446 g/mol. The van der Waals surface area contributed by atoms with Crippen molar-refractivity contribution < 1.29 is 9.47 Å². The molecule has 0 amide bonds. The van der Waals surface area contributed by atoms with Crippen LogP contribution in [0.25, 0.3) is 0 Å². The molecule has 3 aromatic carbocycles. The van der Waals surface area contributed by atoms with E-state index in [1.807, 2.05) is 67.6 Å². The van der Waals surface area contributed by atoms with Crippen LogP contribution in [0.5, 0.6) is 11.5 Å². The van der Waals surface area contributed by atoms with E-state index in [0.29, 0.717) is 46.3 Å². The maximum absolute atomic E-state index is 6.51. The first-order valence-corrected chi connectivity index (χ1v) is 10.4. The molecular formula is C23H21Cl2NO2S. The van der Waals surface area contributed by atoms with E-state index in [1.54, 1.807) is 6.07 Å². The molecule has 0 fully saturated rings. The maximum atomic E-state index is 6.51. The molecule has 0 heterocycles. The predicted molar refractivity (Wildman–Crippen MR) is 123 cm³/mol. The zero-order valence-corrected chi connectivity index (χ0v) is 18.3. The van der Waals surface area contributed by atoms with E-state index in [4.69, 9.17) is 44.9 Å². The molecule has 150 valence electrons. The van der Waals surface area contributed by atoms with Gasteiger partial charge in [-0.3, -0.25) is 0 Å². The molecule has 6 heteroatoms. The van der Waals surface area contributed by atoms with Gasteiger partial charge >= 0.3 is 0 Å². The number of rotatable bonds is 8. The average Bonchev–Trinajstić information content (AvgIpc) is 2.73. The Kier molecular flexibility index (Phi) is 7.76. The van der Waals surface area contributed by atoms with Crippen LogP contribution in [-0.4, -0.2) is 11.6 Å². The Labute approximate surface area is 186 Å². The van der Waals surface area contributed by atoms with Gasteiger partial charge in [-0.25, -0.2) is 0 Å². The number of thiocarbonyl (C=S) groups is 1. The third-order valence-electron chi connectivity index (χ3n) is 4.16. The van der Waals surface area contributed by atoms with Crippen LogP contribution in [-0.2, 0) is 13.2 Å². The molecule has 0 bridgehead atoms. The van der Waals surface area contributed by atoms with Crippen molar-refractivity contribution in [1.82, 2.24) is 5.32 Å². The number of halogens is 2. The minimum Gasteiger partial charge on any atom is -0.490 e. The Morgan fingerprint density at radius 2 is 1.66 bits per heavy atom. The van der Waals surface area contributed by atoms with Crippen LogP contribution in [0.1, 0.15) is 23.6 Å². The van der Waals surface area contributed by atoms with Crippen LogP contribution >= 0.6 is 35.4 Å². The molecule has 0 saturated heterocycles. The Morgan fingerprint density at radius 1 is 0.931 bits per heavy atom. The molecule has 0 radical (unpaired) electrons. The van der Waals surface area contributed by atoms with Crippen LogP contribution in [0.3, 0.4) is 0 Å². The van der Waals surface area contributed by atoms with Crippen LogP contribution in [0.4, 0.5) is 0 Å². The fourth-order valence-electron chi connectivity index (χ4n) is 2.72. The number of nitrogens with one attached hydrogen (secondary N) is 1. The first-order chi connectivity index (χ1) is 14.1. The summed E-state index contributed by atoms with van der Waals surface area (Å²) >= 11 is 18.0. The van der Waals surface area contributed by atoms with Gasteiger partial charge in [0.15, 0.2) is 11.5 Å². The summed E-state index contributed by atoms with van der Waals surface area (Å²) in [5.41, 5.74) is 2.91.